The Kier molecular flexibility index (Phi) is 3.47. The number of esters is 1. The van der Waals surface area contributed by atoms with Gasteiger partial charge in [-0.15, -0.1) is 0 Å². The quantitative estimate of drug-likeness (QED) is 0.621. The zero-order chi connectivity index (χ0) is 8.97. The normalized spacial score (nSPS) is 29.8. The third-order valence-corrected chi connectivity index (χ3v) is 2.07. The van der Waals surface area contributed by atoms with Crippen molar-refractivity contribution in [1.29, 1.82) is 0 Å². The molecule has 1 aliphatic rings. The highest BCUT2D eigenvalue weighted by Gasteiger charge is 2.23. The van der Waals surface area contributed by atoms with E-state index in [0.717, 1.165) is 6.54 Å². The van der Waals surface area contributed by atoms with Gasteiger partial charge in [0.1, 0.15) is 6.17 Å². The van der Waals surface area contributed by atoms with Crippen LogP contribution < -0.4 is 5.32 Å². The summed E-state index contributed by atoms with van der Waals surface area (Å²) >= 11 is 0. The summed E-state index contributed by atoms with van der Waals surface area (Å²) in [5.41, 5.74) is 0. The molecular formula is C8H14FNO2. The number of hydrogen-bond acceptors (Lipinski definition) is 3. The number of piperidine rings is 1. The van der Waals surface area contributed by atoms with Crippen LogP contribution in [0.1, 0.15) is 12.8 Å². The second-order valence-electron chi connectivity index (χ2n) is 3.14. The van der Waals surface area contributed by atoms with Crippen LogP contribution in [0.3, 0.4) is 0 Å². The van der Waals surface area contributed by atoms with Gasteiger partial charge < -0.3 is 10.1 Å². The summed E-state index contributed by atoms with van der Waals surface area (Å²) < 4.78 is 17.3. The van der Waals surface area contributed by atoms with E-state index in [1.807, 2.05) is 0 Å². The fraction of sp³-hybridized carbons (Fsp3) is 0.875. The number of rotatable bonds is 2. The fourth-order valence-corrected chi connectivity index (χ4v) is 1.45. The van der Waals surface area contributed by atoms with Crippen molar-refractivity contribution in [3.05, 3.63) is 0 Å². The molecule has 2 atom stereocenters. The molecule has 1 heterocycles. The van der Waals surface area contributed by atoms with E-state index in [2.05, 4.69) is 10.1 Å². The minimum Gasteiger partial charge on any atom is -0.469 e. The molecule has 1 fully saturated rings. The van der Waals surface area contributed by atoms with Gasteiger partial charge in [-0.1, -0.05) is 0 Å². The molecule has 0 aliphatic carbocycles. The summed E-state index contributed by atoms with van der Waals surface area (Å²) in [6.45, 7) is 1.13. The third-order valence-electron chi connectivity index (χ3n) is 2.07. The second-order valence-corrected chi connectivity index (χ2v) is 3.14. The predicted octanol–water partition coefficient (Wildman–Crippen LogP) is 0.497. The standard InChI is InChI=1S/C8H14FNO2/c1-12-8(11)3-6-2-7(9)5-10-4-6/h6-7,10H,2-5H2,1H3/t6-,7+/m1/s1. The zero-order valence-corrected chi connectivity index (χ0v) is 7.18. The largest absolute Gasteiger partial charge is 0.469 e. The summed E-state index contributed by atoms with van der Waals surface area (Å²) in [4.78, 5) is 10.8. The monoisotopic (exact) mass is 175 g/mol. The Labute approximate surface area is 71.3 Å². The number of nitrogens with one attached hydrogen (secondary N) is 1. The molecule has 0 aromatic heterocycles. The van der Waals surface area contributed by atoms with Crippen LogP contribution in [0.4, 0.5) is 4.39 Å². The van der Waals surface area contributed by atoms with Crippen molar-refractivity contribution in [2.45, 2.75) is 19.0 Å². The van der Waals surface area contributed by atoms with Gasteiger partial charge in [0.2, 0.25) is 0 Å². The molecule has 0 amide bonds. The van der Waals surface area contributed by atoms with Crippen LogP contribution in [0.15, 0.2) is 0 Å². The Morgan fingerprint density at radius 2 is 2.42 bits per heavy atom. The molecular weight excluding hydrogens is 161 g/mol. The molecule has 0 unspecified atom stereocenters. The molecule has 3 nitrogen and oxygen atoms in total. The van der Waals surface area contributed by atoms with Crippen LogP contribution in [0.5, 0.6) is 0 Å². The number of ether oxygens (including phenoxy) is 1. The summed E-state index contributed by atoms with van der Waals surface area (Å²) in [5.74, 6) is -0.155. The summed E-state index contributed by atoms with van der Waals surface area (Å²) in [6, 6.07) is 0. The lowest BCUT2D eigenvalue weighted by molar-refractivity contribution is -0.142. The Morgan fingerprint density at radius 1 is 1.67 bits per heavy atom. The van der Waals surface area contributed by atoms with Gasteiger partial charge in [0.15, 0.2) is 0 Å². The van der Waals surface area contributed by atoms with Gasteiger partial charge in [0.25, 0.3) is 0 Å². The molecule has 0 radical (unpaired) electrons. The number of carbonyl (C=O) groups excluding carboxylic acids is 1. The number of halogens is 1. The average Bonchev–Trinajstić information content (AvgIpc) is 2.04. The third kappa shape index (κ3) is 2.77. The zero-order valence-electron chi connectivity index (χ0n) is 7.18. The first kappa shape index (κ1) is 9.45. The van der Waals surface area contributed by atoms with Crippen molar-refractivity contribution in [3.8, 4) is 0 Å². The van der Waals surface area contributed by atoms with Gasteiger partial charge in [-0.05, 0) is 18.9 Å². The summed E-state index contributed by atoms with van der Waals surface area (Å²) in [6.07, 6.45) is -0.0140. The first-order chi connectivity index (χ1) is 5.72. The van der Waals surface area contributed by atoms with E-state index >= 15 is 0 Å². The van der Waals surface area contributed by atoms with E-state index in [1.54, 1.807) is 0 Å². The predicted molar refractivity (Wildman–Crippen MR) is 42.5 cm³/mol. The molecule has 1 rings (SSSR count). The number of methoxy groups -OCH3 is 1. The van der Waals surface area contributed by atoms with Gasteiger partial charge in [-0.25, -0.2) is 4.39 Å². The van der Waals surface area contributed by atoms with Crippen LogP contribution in [0.2, 0.25) is 0 Å². The maximum absolute atomic E-state index is 12.8. The average molecular weight is 175 g/mol. The van der Waals surface area contributed by atoms with Crippen molar-refractivity contribution >= 4 is 5.97 Å². The molecule has 0 aromatic carbocycles. The van der Waals surface area contributed by atoms with Gasteiger partial charge >= 0.3 is 5.97 Å². The van der Waals surface area contributed by atoms with Crippen LogP contribution in [-0.4, -0.2) is 32.3 Å². The maximum Gasteiger partial charge on any atom is 0.305 e. The highest BCUT2D eigenvalue weighted by Crippen LogP contribution is 2.16. The summed E-state index contributed by atoms with van der Waals surface area (Å²) in [5, 5.41) is 2.93. The molecule has 70 valence electrons. The van der Waals surface area contributed by atoms with Crippen LogP contribution in [0, 0.1) is 5.92 Å². The van der Waals surface area contributed by atoms with E-state index in [0.29, 0.717) is 19.4 Å². The molecule has 12 heavy (non-hydrogen) atoms. The first-order valence-electron chi connectivity index (χ1n) is 4.14. The Bertz CT molecular complexity index is 163. The van der Waals surface area contributed by atoms with Crippen LogP contribution >= 0.6 is 0 Å². The minimum atomic E-state index is -0.812. The van der Waals surface area contributed by atoms with Gasteiger partial charge in [0, 0.05) is 13.0 Å². The topological polar surface area (TPSA) is 38.3 Å². The summed E-state index contributed by atoms with van der Waals surface area (Å²) in [7, 11) is 1.35. The number of alkyl halides is 1. The fourth-order valence-electron chi connectivity index (χ4n) is 1.45. The highest BCUT2D eigenvalue weighted by molar-refractivity contribution is 5.69. The van der Waals surface area contributed by atoms with Gasteiger partial charge in [-0.2, -0.15) is 0 Å². The first-order valence-corrected chi connectivity index (χ1v) is 4.14. The van der Waals surface area contributed by atoms with Gasteiger partial charge in [-0.3, -0.25) is 4.79 Å². The Hall–Kier alpha value is -0.640. The lowest BCUT2D eigenvalue weighted by Crippen LogP contribution is -2.38. The number of carbonyl (C=O) groups is 1. The van der Waals surface area contributed by atoms with Crippen molar-refractivity contribution in [1.82, 2.24) is 5.32 Å². The molecule has 1 N–H and O–H groups in total. The van der Waals surface area contributed by atoms with E-state index in [4.69, 9.17) is 0 Å². The van der Waals surface area contributed by atoms with E-state index in [-0.39, 0.29) is 11.9 Å². The molecule has 0 saturated carbocycles. The van der Waals surface area contributed by atoms with Crippen molar-refractivity contribution in [2.75, 3.05) is 20.2 Å². The Balaban J connectivity index is 2.27. The second kappa shape index (κ2) is 4.40. The smallest absolute Gasteiger partial charge is 0.305 e. The van der Waals surface area contributed by atoms with Crippen molar-refractivity contribution in [3.63, 3.8) is 0 Å². The molecule has 0 bridgehead atoms. The van der Waals surface area contributed by atoms with Gasteiger partial charge in [0.05, 0.1) is 7.11 Å². The van der Waals surface area contributed by atoms with Crippen molar-refractivity contribution in [2.24, 2.45) is 5.92 Å². The van der Waals surface area contributed by atoms with Crippen LogP contribution in [-0.2, 0) is 9.53 Å². The molecule has 1 aliphatic heterocycles. The maximum atomic E-state index is 12.8. The van der Waals surface area contributed by atoms with Crippen LogP contribution in [0.25, 0.3) is 0 Å². The minimum absolute atomic E-state index is 0.0983. The molecule has 0 spiro atoms. The van der Waals surface area contributed by atoms with E-state index in [9.17, 15) is 9.18 Å². The number of hydrogen-bond donors (Lipinski definition) is 1. The van der Waals surface area contributed by atoms with E-state index < -0.39 is 6.17 Å². The lowest BCUT2D eigenvalue weighted by atomic mass is 9.95. The van der Waals surface area contributed by atoms with E-state index in [1.165, 1.54) is 7.11 Å². The highest BCUT2D eigenvalue weighted by atomic mass is 19.1. The Morgan fingerprint density at radius 3 is 3.00 bits per heavy atom. The lowest BCUT2D eigenvalue weighted by Gasteiger charge is -2.24. The van der Waals surface area contributed by atoms with Crippen molar-refractivity contribution < 1.29 is 13.9 Å². The SMILES string of the molecule is COC(=O)C[C@@H]1CNC[C@@H](F)C1. The molecule has 4 heteroatoms. The molecule has 1 saturated heterocycles. The molecule has 0 aromatic rings.